The van der Waals surface area contributed by atoms with Crippen LogP contribution < -0.4 is 10.2 Å². The molecule has 0 aliphatic carbocycles. The number of likely N-dealkylation sites (N-methyl/N-ethyl adjacent to an activating group) is 2. The van der Waals surface area contributed by atoms with Crippen LogP contribution in [0.2, 0.25) is 10.0 Å². The minimum Gasteiger partial charge on any atom is -0.348 e. The Hall–Kier alpha value is -2.39. The molecular weight excluding hydrogens is 592 g/mol. The molecule has 0 aromatic heterocycles. The van der Waals surface area contributed by atoms with E-state index >= 15 is 0 Å². The second-order valence-corrected chi connectivity index (χ2v) is 10.5. The van der Waals surface area contributed by atoms with Crippen LogP contribution in [-0.4, -0.2) is 65.4 Å². The largest absolute Gasteiger partial charge is 0.348 e. The summed E-state index contributed by atoms with van der Waals surface area (Å²) >= 11 is 14.2. The fourth-order valence-electron chi connectivity index (χ4n) is 3.70. The molecule has 1 aliphatic rings. The van der Waals surface area contributed by atoms with Gasteiger partial charge in [0.2, 0.25) is 5.91 Å². The van der Waals surface area contributed by atoms with Gasteiger partial charge >= 0.3 is 6.03 Å². The predicted octanol–water partition coefficient (Wildman–Crippen LogP) is 3.86. The molecule has 0 spiro atoms. The molecule has 8 nitrogen and oxygen atoms in total. The summed E-state index contributed by atoms with van der Waals surface area (Å²) in [7, 11) is 4.87. The molecule has 1 N–H and O–H groups in total. The van der Waals surface area contributed by atoms with Gasteiger partial charge in [0, 0.05) is 43.7 Å². The van der Waals surface area contributed by atoms with E-state index in [0.717, 1.165) is 10.5 Å². The molecular formula is C23H22Cl2IN5O3. The van der Waals surface area contributed by atoms with Gasteiger partial charge in [-0.05, 0) is 58.5 Å². The quantitative estimate of drug-likeness (QED) is 0.221. The highest BCUT2D eigenvalue weighted by atomic mass is 127. The van der Waals surface area contributed by atoms with Gasteiger partial charge in [-0.25, -0.2) is 9.69 Å². The normalized spacial score (nSPS) is 18.7. The Balaban J connectivity index is 2.03. The smallest absolute Gasteiger partial charge is 0.332 e. The van der Waals surface area contributed by atoms with E-state index in [2.05, 4.69) is 11.4 Å². The third-order valence-electron chi connectivity index (χ3n) is 5.60. The van der Waals surface area contributed by atoms with Crippen LogP contribution >= 0.6 is 45.8 Å². The number of rotatable bonds is 7. The van der Waals surface area contributed by atoms with E-state index < -0.39 is 21.4 Å². The van der Waals surface area contributed by atoms with Gasteiger partial charge in [0.05, 0.1) is 23.9 Å². The van der Waals surface area contributed by atoms with Gasteiger partial charge in [0.1, 0.15) is 0 Å². The lowest BCUT2D eigenvalue weighted by Crippen LogP contribution is -2.51. The number of anilines is 1. The van der Waals surface area contributed by atoms with Crippen molar-refractivity contribution in [1.82, 2.24) is 15.1 Å². The summed E-state index contributed by atoms with van der Waals surface area (Å²) < 4.78 is -1.33. The molecule has 0 bridgehead atoms. The number of benzene rings is 2. The summed E-state index contributed by atoms with van der Waals surface area (Å²) in [6.07, 6.45) is 0. The van der Waals surface area contributed by atoms with Crippen LogP contribution in [0, 0.1) is 11.3 Å². The van der Waals surface area contributed by atoms with Crippen LogP contribution in [0.25, 0.3) is 0 Å². The van der Waals surface area contributed by atoms with Gasteiger partial charge in [-0.1, -0.05) is 35.3 Å². The molecule has 2 atom stereocenters. The van der Waals surface area contributed by atoms with Gasteiger partial charge in [-0.3, -0.25) is 9.59 Å². The molecule has 1 aliphatic heterocycles. The molecule has 1 saturated heterocycles. The van der Waals surface area contributed by atoms with Crippen LogP contribution in [0.15, 0.2) is 42.5 Å². The molecule has 2 aromatic carbocycles. The van der Waals surface area contributed by atoms with Crippen molar-refractivity contribution in [3.63, 3.8) is 0 Å². The summed E-state index contributed by atoms with van der Waals surface area (Å²) in [4.78, 5) is 43.1. The van der Waals surface area contributed by atoms with Crippen LogP contribution in [0.4, 0.5) is 10.5 Å². The molecule has 178 valence electrons. The highest BCUT2D eigenvalue weighted by Crippen LogP contribution is 2.46. The zero-order valence-corrected chi connectivity index (χ0v) is 22.3. The Labute approximate surface area is 221 Å². The number of imide groups is 1. The second kappa shape index (κ2) is 10.5. The summed E-state index contributed by atoms with van der Waals surface area (Å²) in [5.74, 6) is -1.13. The Morgan fingerprint density at radius 3 is 2.29 bits per heavy atom. The fourth-order valence-corrected chi connectivity index (χ4v) is 5.24. The van der Waals surface area contributed by atoms with Gasteiger partial charge in [-0.2, -0.15) is 5.26 Å². The van der Waals surface area contributed by atoms with Crippen molar-refractivity contribution >= 4 is 69.3 Å². The first-order chi connectivity index (χ1) is 16.0. The van der Waals surface area contributed by atoms with Gasteiger partial charge in [-0.15, -0.1) is 0 Å². The number of urea groups is 1. The van der Waals surface area contributed by atoms with Crippen LogP contribution in [0.1, 0.15) is 17.0 Å². The average Bonchev–Trinajstić information content (AvgIpc) is 2.96. The lowest BCUT2D eigenvalue weighted by Gasteiger charge is -2.35. The van der Waals surface area contributed by atoms with E-state index in [1.54, 1.807) is 45.4 Å². The third-order valence-corrected chi connectivity index (χ3v) is 7.98. The number of hydrogen-bond acceptors (Lipinski definition) is 5. The summed E-state index contributed by atoms with van der Waals surface area (Å²) in [6.45, 7) is 0.286. The Bertz CT molecular complexity index is 1150. The standard InChI is InChI=1S/C23H22Cl2IN5O3/c1-29(2)20(32)13-28-12-19(15-6-4-14(11-27)5-7-15)23(26)21(33)31(22(34)30(23)3)18-9-16(24)8-17(25)10-18/h4-10,19,28H,12-13H2,1-3H3/t19-,23+/m0/s1. The molecule has 1 heterocycles. The number of nitriles is 1. The van der Waals surface area contributed by atoms with Gasteiger partial charge < -0.3 is 15.1 Å². The first-order valence-electron chi connectivity index (χ1n) is 10.2. The van der Waals surface area contributed by atoms with E-state index in [-0.39, 0.29) is 24.7 Å². The van der Waals surface area contributed by atoms with Crippen molar-refractivity contribution < 1.29 is 14.4 Å². The molecule has 0 saturated carbocycles. The van der Waals surface area contributed by atoms with E-state index in [0.29, 0.717) is 15.6 Å². The first-order valence-corrected chi connectivity index (χ1v) is 12.0. The minimum atomic E-state index is -1.33. The molecule has 0 radical (unpaired) electrons. The van der Waals surface area contributed by atoms with Crippen LogP contribution in [0.5, 0.6) is 0 Å². The van der Waals surface area contributed by atoms with Crippen LogP contribution in [-0.2, 0) is 9.59 Å². The maximum atomic E-state index is 13.8. The van der Waals surface area contributed by atoms with E-state index in [9.17, 15) is 14.4 Å². The second-order valence-electron chi connectivity index (χ2n) is 7.99. The molecule has 2 aromatic rings. The molecule has 11 heteroatoms. The van der Waals surface area contributed by atoms with Crippen LogP contribution in [0.3, 0.4) is 0 Å². The number of carbonyl (C=O) groups excluding carboxylic acids is 3. The number of carbonyl (C=O) groups is 3. The first kappa shape index (κ1) is 26.2. The Morgan fingerprint density at radius 2 is 1.76 bits per heavy atom. The van der Waals surface area contributed by atoms with Gasteiger partial charge in [0.25, 0.3) is 5.91 Å². The number of hydrogen-bond donors (Lipinski definition) is 1. The number of alkyl halides is 1. The van der Waals surface area contributed by atoms with E-state index in [1.165, 1.54) is 28.0 Å². The van der Waals surface area contributed by atoms with Crippen molar-refractivity contribution in [2.45, 2.75) is 9.46 Å². The molecule has 3 rings (SSSR count). The lowest BCUT2D eigenvalue weighted by molar-refractivity contribution is -0.127. The zero-order chi connectivity index (χ0) is 25.2. The molecule has 0 unspecified atom stereocenters. The van der Waals surface area contributed by atoms with E-state index in [4.69, 9.17) is 28.5 Å². The highest BCUT2D eigenvalue weighted by molar-refractivity contribution is 14.1. The lowest BCUT2D eigenvalue weighted by atomic mass is 9.89. The van der Waals surface area contributed by atoms with Gasteiger partial charge in [0.15, 0.2) is 3.55 Å². The Kier molecular flexibility index (Phi) is 8.08. The van der Waals surface area contributed by atoms with Crippen molar-refractivity contribution in [1.29, 1.82) is 5.26 Å². The SMILES string of the molecule is CN(C)C(=O)CNC[C@@H](c1ccc(C#N)cc1)[C@]1(I)C(=O)N(c2cc(Cl)cc(Cl)c2)C(=O)N1C. The highest BCUT2D eigenvalue weighted by Gasteiger charge is 2.59. The van der Waals surface area contributed by atoms with Crippen molar-refractivity contribution in [3.05, 3.63) is 63.6 Å². The predicted molar refractivity (Wildman–Crippen MR) is 139 cm³/mol. The van der Waals surface area contributed by atoms with Crippen molar-refractivity contribution in [3.8, 4) is 6.07 Å². The average molecular weight is 614 g/mol. The van der Waals surface area contributed by atoms with E-state index in [1.807, 2.05) is 22.6 Å². The Morgan fingerprint density at radius 1 is 1.18 bits per heavy atom. The molecule has 1 fully saturated rings. The minimum absolute atomic E-state index is 0.0615. The summed E-state index contributed by atoms with van der Waals surface area (Å²) in [5.41, 5.74) is 1.47. The number of halogens is 3. The van der Waals surface area contributed by atoms with Crippen molar-refractivity contribution in [2.75, 3.05) is 39.1 Å². The summed E-state index contributed by atoms with van der Waals surface area (Å²) in [6, 6.07) is 12.9. The number of nitrogens with zero attached hydrogens (tertiary/aromatic N) is 4. The maximum Gasteiger partial charge on any atom is 0.332 e. The fraction of sp³-hybridized carbons (Fsp3) is 0.304. The maximum absolute atomic E-state index is 13.8. The zero-order valence-electron chi connectivity index (χ0n) is 18.7. The third kappa shape index (κ3) is 5.00. The number of amides is 4. The molecule has 34 heavy (non-hydrogen) atoms. The molecule has 4 amide bonds. The topological polar surface area (TPSA) is 96.7 Å². The monoisotopic (exact) mass is 613 g/mol. The summed E-state index contributed by atoms with van der Waals surface area (Å²) in [5, 5.41) is 12.9. The number of nitrogens with one attached hydrogen (secondary N) is 1. The van der Waals surface area contributed by atoms with Crippen molar-refractivity contribution in [2.24, 2.45) is 0 Å².